The van der Waals surface area contributed by atoms with Crippen LogP contribution in [-0.4, -0.2) is 42.2 Å². The highest BCUT2D eigenvalue weighted by Gasteiger charge is 2.28. The van der Waals surface area contributed by atoms with Gasteiger partial charge in [-0.05, 0) is 42.7 Å². The Bertz CT molecular complexity index is 829. The number of ether oxygens (including phenoxy) is 1. The van der Waals surface area contributed by atoms with Gasteiger partial charge in [0.1, 0.15) is 11.8 Å². The zero-order chi connectivity index (χ0) is 21.9. The van der Waals surface area contributed by atoms with Crippen molar-refractivity contribution in [2.75, 3.05) is 19.4 Å². The Morgan fingerprint density at radius 3 is 2.43 bits per heavy atom. The molecule has 0 aliphatic carbocycles. The van der Waals surface area contributed by atoms with Crippen LogP contribution in [-0.2, 0) is 21.9 Å². The molecule has 0 heterocycles. The number of hydrogen-bond acceptors (Lipinski definition) is 4. The smallest absolute Gasteiger partial charge is 0.242 e. The van der Waals surface area contributed by atoms with Gasteiger partial charge in [-0.25, -0.2) is 0 Å². The predicted octanol–water partition coefficient (Wildman–Crippen LogP) is 4.53. The second kappa shape index (κ2) is 12.5. The van der Waals surface area contributed by atoms with Crippen LogP contribution in [0, 0.1) is 0 Å². The first-order chi connectivity index (χ1) is 14.5. The number of nitrogens with zero attached hydrogens (tertiary/aromatic N) is 1. The number of hydrogen-bond donors (Lipinski definition) is 1. The third-order valence-electron chi connectivity index (χ3n) is 4.69. The third kappa shape index (κ3) is 6.96. The van der Waals surface area contributed by atoms with Crippen LogP contribution in [0.15, 0.2) is 48.5 Å². The Balaban J connectivity index is 2.12. The van der Waals surface area contributed by atoms with Crippen LogP contribution in [0.2, 0.25) is 5.02 Å². The SMILES string of the molecule is CCNC(=O)C(CC)N(Cc1ccc(OC)cc1)C(=O)CSCc1ccccc1Cl. The molecule has 1 N–H and O–H groups in total. The van der Waals surface area contributed by atoms with E-state index in [1.165, 1.54) is 11.8 Å². The van der Waals surface area contributed by atoms with E-state index in [0.29, 0.717) is 30.3 Å². The minimum Gasteiger partial charge on any atom is -0.497 e. The summed E-state index contributed by atoms with van der Waals surface area (Å²) in [7, 11) is 1.61. The number of carbonyl (C=O) groups excluding carboxylic acids is 2. The second-order valence-corrected chi connectivity index (χ2v) is 8.17. The summed E-state index contributed by atoms with van der Waals surface area (Å²) in [6.45, 7) is 4.69. The Morgan fingerprint density at radius 2 is 1.83 bits per heavy atom. The lowest BCUT2D eigenvalue weighted by Crippen LogP contribution is -2.49. The molecule has 30 heavy (non-hydrogen) atoms. The molecule has 2 amide bonds. The van der Waals surface area contributed by atoms with E-state index in [0.717, 1.165) is 16.9 Å². The average molecular weight is 449 g/mol. The number of carbonyl (C=O) groups is 2. The van der Waals surface area contributed by atoms with Gasteiger partial charge in [0.25, 0.3) is 0 Å². The van der Waals surface area contributed by atoms with Crippen molar-refractivity contribution in [1.29, 1.82) is 0 Å². The number of likely N-dealkylation sites (N-methyl/N-ethyl adjacent to an activating group) is 1. The maximum absolute atomic E-state index is 13.1. The highest BCUT2D eigenvalue weighted by molar-refractivity contribution is 7.99. The molecule has 162 valence electrons. The molecule has 7 heteroatoms. The summed E-state index contributed by atoms with van der Waals surface area (Å²) in [5.41, 5.74) is 1.94. The van der Waals surface area contributed by atoms with Crippen molar-refractivity contribution in [2.24, 2.45) is 0 Å². The molecule has 2 aromatic carbocycles. The Labute approximate surface area is 188 Å². The Kier molecular flexibility index (Phi) is 10.0. The van der Waals surface area contributed by atoms with Crippen molar-refractivity contribution in [1.82, 2.24) is 10.2 Å². The first kappa shape index (κ1) is 24.1. The molecule has 0 saturated heterocycles. The standard InChI is InChI=1S/C23H29ClN2O3S/c1-4-21(23(28)25-5-2)26(14-17-10-12-19(29-3)13-11-17)22(27)16-30-15-18-8-6-7-9-20(18)24/h6-13,21H,4-5,14-16H2,1-3H3,(H,25,28). The van der Waals surface area contributed by atoms with Gasteiger partial charge in [-0.15, -0.1) is 11.8 Å². The number of rotatable bonds is 11. The summed E-state index contributed by atoms with van der Waals surface area (Å²) >= 11 is 7.71. The van der Waals surface area contributed by atoms with Gasteiger partial charge >= 0.3 is 0 Å². The van der Waals surface area contributed by atoms with Crippen molar-refractivity contribution in [3.63, 3.8) is 0 Å². The van der Waals surface area contributed by atoms with Crippen LogP contribution in [0.3, 0.4) is 0 Å². The topological polar surface area (TPSA) is 58.6 Å². The number of methoxy groups -OCH3 is 1. The summed E-state index contributed by atoms with van der Waals surface area (Å²) in [5.74, 6) is 1.47. The number of thioether (sulfide) groups is 1. The molecule has 0 radical (unpaired) electrons. The maximum atomic E-state index is 13.1. The van der Waals surface area contributed by atoms with Crippen LogP contribution < -0.4 is 10.1 Å². The van der Waals surface area contributed by atoms with Crippen LogP contribution in [0.4, 0.5) is 0 Å². The van der Waals surface area contributed by atoms with E-state index in [2.05, 4.69) is 5.32 Å². The van der Waals surface area contributed by atoms with Crippen LogP contribution in [0.5, 0.6) is 5.75 Å². The summed E-state index contributed by atoms with van der Waals surface area (Å²) in [6.07, 6.45) is 0.545. The molecular weight excluding hydrogens is 420 g/mol. The fourth-order valence-corrected chi connectivity index (χ4v) is 4.28. The zero-order valence-corrected chi connectivity index (χ0v) is 19.3. The first-order valence-electron chi connectivity index (χ1n) is 10.0. The lowest BCUT2D eigenvalue weighted by molar-refractivity contribution is -0.139. The lowest BCUT2D eigenvalue weighted by Gasteiger charge is -2.30. The number of benzene rings is 2. The van der Waals surface area contributed by atoms with Gasteiger partial charge in [0.05, 0.1) is 12.9 Å². The normalized spacial score (nSPS) is 11.6. The minimum atomic E-state index is -0.513. The average Bonchev–Trinajstić information content (AvgIpc) is 2.75. The van der Waals surface area contributed by atoms with E-state index in [4.69, 9.17) is 16.3 Å². The molecule has 0 fully saturated rings. The monoisotopic (exact) mass is 448 g/mol. The minimum absolute atomic E-state index is 0.0685. The quantitative estimate of drug-likeness (QED) is 0.548. The highest BCUT2D eigenvalue weighted by atomic mass is 35.5. The first-order valence-corrected chi connectivity index (χ1v) is 11.5. The van der Waals surface area contributed by atoms with Crippen molar-refractivity contribution >= 4 is 35.2 Å². The van der Waals surface area contributed by atoms with Gasteiger partial charge in [0.15, 0.2) is 0 Å². The molecule has 0 aliphatic rings. The Morgan fingerprint density at radius 1 is 1.13 bits per heavy atom. The maximum Gasteiger partial charge on any atom is 0.242 e. The number of amides is 2. The molecular formula is C23H29ClN2O3S. The summed E-state index contributed by atoms with van der Waals surface area (Å²) in [6, 6.07) is 14.7. The fraction of sp³-hybridized carbons (Fsp3) is 0.391. The van der Waals surface area contributed by atoms with Gasteiger partial charge in [-0.2, -0.15) is 0 Å². The molecule has 5 nitrogen and oxygen atoms in total. The van der Waals surface area contributed by atoms with E-state index in [1.807, 2.05) is 62.4 Å². The molecule has 0 aromatic heterocycles. The van der Waals surface area contributed by atoms with Crippen LogP contribution >= 0.6 is 23.4 Å². The molecule has 1 unspecified atom stereocenters. The van der Waals surface area contributed by atoms with Gasteiger partial charge in [-0.1, -0.05) is 48.9 Å². The van der Waals surface area contributed by atoms with E-state index in [-0.39, 0.29) is 17.6 Å². The van der Waals surface area contributed by atoms with E-state index in [9.17, 15) is 9.59 Å². The zero-order valence-electron chi connectivity index (χ0n) is 17.7. The molecule has 1 atom stereocenters. The van der Waals surface area contributed by atoms with E-state index < -0.39 is 6.04 Å². The highest BCUT2D eigenvalue weighted by Crippen LogP contribution is 2.22. The fourth-order valence-electron chi connectivity index (χ4n) is 3.09. The molecule has 0 saturated carbocycles. The van der Waals surface area contributed by atoms with Crippen molar-refractivity contribution in [3.8, 4) is 5.75 Å². The molecule has 2 aromatic rings. The van der Waals surface area contributed by atoms with Crippen LogP contribution in [0.25, 0.3) is 0 Å². The summed E-state index contributed by atoms with van der Waals surface area (Å²) in [4.78, 5) is 27.4. The number of nitrogens with one attached hydrogen (secondary N) is 1. The molecule has 2 rings (SSSR count). The largest absolute Gasteiger partial charge is 0.497 e. The summed E-state index contributed by atoms with van der Waals surface area (Å²) < 4.78 is 5.21. The van der Waals surface area contributed by atoms with Crippen LogP contribution in [0.1, 0.15) is 31.4 Å². The predicted molar refractivity (Wildman–Crippen MR) is 124 cm³/mol. The molecule has 0 aliphatic heterocycles. The van der Waals surface area contributed by atoms with Gasteiger partial charge in [0, 0.05) is 23.9 Å². The van der Waals surface area contributed by atoms with E-state index >= 15 is 0 Å². The van der Waals surface area contributed by atoms with E-state index in [1.54, 1.807) is 12.0 Å². The second-order valence-electron chi connectivity index (χ2n) is 6.77. The van der Waals surface area contributed by atoms with Crippen molar-refractivity contribution < 1.29 is 14.3 Å². The van der Waals surface area contributed by atoms with Crippen molar-refractivity contribution in [3.05, 3.63) is 64.7 Å². The van der Waals surface area contributed by atoms with Gasteiger partial charge in [0.2, 0.25) is 11.8 Å². The van der Waals surface area contributed by atoms with Gasteiger partial charge < -0.3 is 15.0 Å². The Hall–Kier alpha value is -2.18. The van der Waals surface area contributed by atoms with Crippen molar-refractivity contribution in [2.45, 2.75) is 38.6 Å². The molecule has 0 spiro atoms. The van der Waals surface area contributed by atoms with Gasteiger partial charge in [-0.3, -0.25) is 9.59 Å². The lowest BCUT2D eigenvalue weighted by atomic mass is 10.1. The third-order valence-corrected chi connectivity index (χ3v) is 6.02. The number of halogens is 1. The molecule has 0 bridgehead atoms. The summed E-state index contributed by atoms with van der Waals surface area (Å²) in [5, 5.41) is 3.54.